The third-order valence-corrected chi connectivity index (χ3v) is 4.03. The van der Waals surface area contributed by atoms with Gasteiger partial charge in [-0.2, -0.15) is 5.10 Å². The predicted octanol–water partition coefficient (Wildman–Crippen LogP) is 2.54. The Morgan fingerprint density at radius 1 is 1.31 bits per heavy atom. The Labute approximate surface area is 93.6 Å². The maximum absolute atomic E-state index is 10.6. The molecular weight excluding hydrogens is 206 g/mol. The van der Waals surface area contributed by atoms with Gasteiger partial charge in [0, 0.05) is 0 Å². The van der Waals surface area contributed by atoms with E-state index < -0.39 is 0 Å². The molecule has 0 spiro atoms. The molecule has 2 aliphatic carbocycles. The van der Waals surface area contributed by atoms with Gasteiger partial charge in [0.2, 0.25) is 0 Å². The number of nitro groups is 1. The van der Waals surface area contributed by atoms with Crippen LogP contribution >= 0.6 is 0 Å². The number of rotatable bonds is 2. The van der Waals surface area contributed by atoms with Crippen LogP contribution in [0.3, 0.4) is 0 Å². The smallest absolute Gasteiger partial charge is 0.263 e. The molecule has 1 aromatic rings. The molecular formula is C11H15N3O2. The van der Waals surface area contributed by atoms with Crippen LogP contribution in [0, 0.1) is 22.0 Å². The predicted molar refractivity (Wildman–Crippen MR) is 58.0 cm³/mol. The van der Waals surface area contributed by atoms with E-state index in [9.17, 15) is 10.1 Å². The summed E-state index contributed by atoms with van der Waals surface area (Å²) >= 11 is 0. The Hall–Kier alpha value is -1.39. The van der Waals surface area contributed by atoms with Crippen molar-refractivity contribution in [3.63, 3.8) is 0 Å². The molecule has 0 amide bonds. The minimum absolute atomic E-state index is 0.109. The van der Waals surface area contributed by atoms with E-state index in [2.05, 4.69) is 5.10 Å². The molecule has 86 valence electrons. The van der Waals surface area contributed by atoms with Crippen molar-refractivity contribution in [2.45, 2.75) is 38.1 Å². The van der Waals surface area contributed by atoms with Crippen LogP contribution in [0.15, 0.2) is 12.4 Å². The van der Waals surface area contributed by atoms with E-state index in [1.807, 2.05) is 4.68 Å². The highest BCUT2D eigenvalue weighted by Crippen LogP contribution is 2.46. The van der Waals surface area contributed by atoms with Gasteiger partial charge in [-0.1, -0.05) is 12.8 Å². The summed E-state index contributed by atoms with van der Waals surface area (Å²) in [5.41, 5.74) is 0.109. The van der Waals surface area contributed by atoms with Crippen LogP contribution < -0.4 is 0 Å². The Morgan fingerprint density at radius 3 is 2.56 bits per heavy atom. The van der Waals surface area contributed by atoms with Gasteiger partial charge in [-0.05, 0) is 31.1 Å². The summed E-state index contributed by atoms with van der Waals surface area (Å²) in [6.07, 6.45) is 9.27. The van der Waals surface area contributed by atoms with Crippen LogP contribution in [0.4, 0.5) is 5.69 Å². The van der Waals surface area contributed by atoms with Crippen molar-refractivity contribution in [2.75, 3.05) is 0 Å². The number of fused-ring (bicyclic) bond motifs is 2. The highest BCUT2D eigenvalue weighted by atomic mass is 16.6. The van der Waals surface area contributed by atoms with Crippen LogP contribution in [0.25, 0.3) is 0 Å². The fraction of sp³-hybridized carbons (Fsp3) is 0.727. The highest BCUT2D eigenvalue weighted by molar-refractivity contribution is 5.21. The van der Waals surface area contributed by atoms with Gasteiger partial charge in [0.25, 0.3) is 0 Å². The molecule has 1 heterocycles. The largest absolute Gasteiger partial charge is 0.307 e. The molecule has 0 aromatic carbocycles. The molecule has 16 heavy (non-hydrogen) atoms. The summed E-state index contributed by atoms with van der Waals surface area (Å²) in [5, 5.41) is 14.7. The maximum Gasteiger partial charge on any atom is 0.307 e. The van der Waals surface area contributed by atoms with Crippen molar-refractivity contribution in [1.29, 1.82) is 0 Å². The van der Waals surface area contributed by atoms with Crippen LogP contribution in [-0.4, -0.2) is 14.7 Å². The van der Waals surface area contributed by atoms with Gasteiger partial charge >= 0.3 is 5.69 Å². The van der Waals surface area contributed by atoms with E-state index in [4.69, 9.17) is 0 Å². The first-order valence-corrected chi connectivity index (χ1v) is 5.91. The van der Waals surface area contributed by atoms with E-state index in [-0.39, 0.29) is 10.6 Å². The van der Waals surface area contributed by atoms with Crippen LogP contribution in [-0.2, 0) is 0 Å². The Bertz CT molecular complexity index is 403. The molecule has 2 saturated carbocycles. The first-order valence-electron chi connectivity index (χ1n) is 5.91. The molecule has 0 N–H and O–H groups in total. The zero-order valence-corrected chi connectivity index (χ0v) is 9.08. The fourth-order valence-electron chi connectivity index (χ4n) is 3.31. The molecule has 2 aliphatic rings. The second-order valence-corrected chi connectivity index (χ2v) is 5.11. The molecule has 5 nitrogen and oxygen atoms in total. The lowest BCUT2D eigenvalue weighted by molar-refractivity contribution is -0.385. The third kappa shape index (κ3) is 1.60. The normalized spacial score (nSPS) is 32.9. The monoisotopic (exact) mass is 221 g/mol. The summed E-state index contributed by atoms with van der Waals surface area (Å²) in [5.74, 6) is 1.65. The number of hydrogen-bond donors (Lipinski definition) is 0. The first-order chi connectivity index (χ1) is 7.72. The molecule has 3 rings (SSSR count). The topological polar surface area (TPSA) is 61.0 Å². The average Bonchev–Trinajstić information content (AvgIpc) is 2.85. The summed E-state index contributed by atoms with van der Waals surface area (Å²) < 4.78 is 1.81. The molecule has 1 aromatic heterocycles. The number of hydrogen-bond acceptors (Lipinski definition) is 3. The molecule has 0 radical (unpaired) electrons. The van der Waals surface area contributed by atoms with Gasteiger partial charge in [0.05, 0.1) is 11.0 Å². The summed E-state index contributed by atoms with van der Waals surface area (Å²) in [4.78, 5) is 10.2. The minimum Gasteiger partial charge on any atom is -0.263 e. The number of aromatic nitrogens is 2. The zero-order chi connectivity index (χ0) is 11.1. The molecule has 0 aliphatic heterocycles. The van der Waals surface area contributed by atoms with Gasteiger partial charge in [-0.25, -0.2) is 0 Å². The van der Waals surface area contributed by atoms with Gasteiger partial charge in [0.15, 0.2) is 0 Å². The average molecular weight is 221 g/mol. The van der Waals surface area contributed by atoms with Crippen molar-refractivity contribution in [3.05, 3.63) is 22.5 Å². The summed E-state index contributed by atoms with van der Waals surface area (Å²) in [6.45, 7) is 0. The van der Waals surface area contributed by atoms with Crippen molar-refractivity contribution < 1.29 is 4.92 Å². The quantitative estimate of drug-likeness (QED) is 0.569. The molecule has 3 atom stereocenters. The van der Waals surface area contributed by atoms with Crippen LogP contribution in [0.1, 0.15) is 38.1 Å². The second-order valence-electron chi connectivity index (χ2n) is 5.11. The Balaban J connectivity index is 1.79. The lowest BCUT2D eigenvalue weighted by Gasteiger charge is -2.27. The molecule has 2 fully saturated rings. The standard InChI is InChI=1S/C11H15N3O2/c15-14(16)11-6-12-13(7-11)10-4-8-1-2-9(3-8)5-10/h6-10H,1-5H2/t8-,9+,10?. The van der Waals surface area contributed by atoms with E-state index in [1.54, 1.807) is 6.20 Å². The Kier molecular flexibility index (Phi) is 2.19. The first kappa shape index (κ1) is 9.81. The van der Waals surface area contributed by atoms with E-state index >= 15 is 0 Å². The molecule has 1 unspecified atom stereocenters. The summed E-state index contributed by atoms with van der Waals surface area (Å²) in [7, 11) is 0. The number of nitrogens with zero attached hydrogens (tertiary/aromatic N) is 3. The van der Waals surface area contributed by atoms with Crippen molar-refractivity contribution >= 4 is 5.69 Å². The van der Waals surface area contributed by atoms with E-state index in [1.165, 1.54) is 25.5 Å². The SMILES string of the molecule is O=[N+]([O-])c1cnn(C2C[C@H]3CC[C@@H](C2)C3)c1. The minimum atomic E-state index is -0.374. The van der Waals surface area contributed by atoms with Crippen molar-refractivity contribution in [1.82, 2.24) is 9.78 Å². The van der Waals surface area contributed by atoms with Gasteiger partial charge in [-0.3, -0.25) is 14.8 Å². The summed E-state index contributed by atoms with van der Waals surface area (Å²) in [6, 6.07) is 0.389. The molecule has 2 bridgehead atoms. The zero-order valence-electron chi connectivity index (χ0n) is 9.08. The van der Waals surface area contributed by atoms with Crippen LogP contribution in [0.5, 0.6) is 0 Å². The van der Waals surface area contributed by atoms with Crippen LogP contribution in [0.2, 0.25) is 0 Å². The van der Waals surface area contributed by atoms with Gasteiger partial charge in [0.1, 0.15) is 12.4 Å². The maximum atomic E-state index is 10.6. The van der Waals surface area contributed by atoms with Crippen molar-refractivity contribution in [2.24, 2.45) is 11.8 Å². The lowest BCUT2D eigenvalue weighted by atomic mass is 9.85. The van der Waals surface area contributed by atoms with Crippen molar-refractivity contribution in [3.8, 4) is 0 Å². The molecule has 5 heteroatoms. The van der Waals surface area contributed by atoms with E-state index in [0.717, 1.165) is 24.7 Å². The molecule has 0 saturated heterocycles. The lowest BCUT2D eigenvalue weighted by Crippen LogP contribution is -2.19. The highest BCUT2D eigenvalue weighted by Gasteiger charge is 2.35. The Morgan fingerprint density at radius 2 is 2.00 bits per heavy atom. The van der Waals surface area contributed by atoms with Gasteiger partial charge in [-0.15, -0.1) is 0 Å². The van der Waals surface area contributed by atoms with Gasteiger partial charge < -0.3 is 0 Å². The second kappa shape index (κ2) is 3.57. The fourth-order valence-corrected chi connectivity index (χ4v) is 3.31. The van der Waals surface area contributed by atoms with E-state index in [0.29, 0.717) is 6.04 Å². The third-order valence-electron chi connectivity index (χ3n) is 4.03.